The third-order valence-electron chi connectivity index (χ3n) is 3.56. The Morgan fingerprint density at radius 2 is 2.50 bits per heavy atom. The fourth-order valence-electron chi connectivity index (χ4n) is 2.47. The minimum atomic E-state index is 0.634. The summed E-state index contributed by atoms with van der Waals surface area (Å²) in [5.74, 6) is 0. The predicted molar refractivity (Wildman–Crippen MR) is 71.4 cm³/mol. The fourth-order valence-corrected chi connectivity index (χ4v) is 2.47. The Morgan fingerprint density at radius 1 is 1.61 bits per heavy atom. The highest BCUT2D eigenvalue weighted by Gasteiger charge is 2.18. The number of nitrogens with one attached hydrogen (secondary N) is 1. The van der Waals surface area contributed by atoms with Crippen molar-refractivity contribution in [1.29, 1.82) is 0 Å². The average molecular weight is 252 g/mol. The number of ether oxygens (including phenoxy) is 1. The normalized spacial score (nSPS) is 19.8. The van der Waals surface area contributed by atoms with Gasteiger partial charge in [-0.05, 0) is 25.5 Å². The summed E-state index contributed by atoms with van der Waals surface area (Å²) in [6.45, 7) is 4.95. The minimum Gasteiger partial charge on any atom is -0.383 e. The van der Waals surface area contributed by atoms with Crippen LogP contribution in [0.3, 0.4) is 0 Å². The summed E-state index contributed by atoms with van der Waals surface area (Å²) >= 11 is 0. The van der Waals surface area contributed by atoms with E-state index in [9.17, 15) is 0 Å². The molecule has 1 aromatic rings. The highest BCUT2D eigenvalue weighted by atomic mass is 16.5. The molecule has 1 N–H and O–H groups in total. The molecule has 1 aliphatic heterocycles. The summed E-state index contributed by atoms with van der Waals surface area (Å²) in [6, 6.07) is 2.72. The second-order valence-electron chi connectivity index (χ2n) is 4.97. The summed E-state index contributed by atoms with van der Waals surface area (Å²) in [6.07, 6.45) is 4.45. The first-order valence-electron chi connectivity index (χ1n) is 6.71. The van der Waals surface area contributed by atoms with Gasteiger partial charge >= 0.3 is 0 Å². The van der Waals surface area contributed by atoms with E-state index in [2.05, 4.69) is 21.4 Å². The van der Waals surface area contributed by atoms with E-state index in [0.29, 0.717) is 6.04 Å². The zero-order chi connectivity index (χ0) is 12.8. The first-order valence-corrected chi connectivity index (χ1v) is 6.71. The molecule has 0 saturated carbocycles. The predicted octanol–water partition coefficient (Wildman–Crippen LogP) is 0.620. The number of nitrogens with zero attached hydrogens (tertiary/aromatic N) is 3. The SMILES string of the molecule is COCCN(Cc1ccnn1C)CC1CCCN1. The third kappa shape index (κ3) is 3.80. The van der Waals surface area contributed by atoms with E-state index in [1.807, 2.05) is 17.9 Å². The van der Waals surface area contributed by atoms with Gasteiger partial charge in [-0.2, -0.15) is 5.10 Å². The topological polar surface area (TPSA) is 42.3 Å². The van der Waals surface area contributed by atoms with Crippen molar-refractivity contribution in [2.45, 2.75) is 25.4 Å². The van der Waals surface area contributed by atoms with Crippen molar-refractivity contribution in [1.82, 2.24) is 20.0 Å². The molecule has 5 nitrogen and oxygen atoms in total. The van der Waals surface area contributed by atoms with Gasteiger partial charge in [0.15, 0.2) is 0 Å². The highest BCUT2D eigenvalue weighted by molar-refractivity contribution is 5.00. The Hall–Kier alpha value is -0.910. The Kier molecular flexibility index (Phi) is 5.16. The molecule has 1 saturated heterocycles. The molecule has 0 amide bonds. The minimum absolute atomic E-state index is 0.634. The van der Waals surface area contributed by atoms with Crippen LogP contribution in [0.5, 0.6) is 0 Å². The summed E-state index contributed by atoms with van der Waals surface area (Å²) in [5.41, 5.74) is 1.25. The summed E-state index contributed by atoms with van der Waals surface area (Å²) < 4.78 is 7.15. The van der Waals surface area contributed by atoms with Gasteiger partial charge in [0.25, 0.3) is 0 Å². The molecular weight excluding hydrogens is 228 g/mol. The van der Waals surface area contributed by atoms with E-state index in [-0.39, 0.29) is 0 Å². The van der Waals surface area contributed by atoms with Crippen molar-refractivity contribution in [3.8, 4) is 0 Å². The van der Waals surface area contributed by atoms with Crippen LogP contribution in [0.2, 0.25) is 0 Å². The number of aryl methyl sites for hydroxylation is 1. The lowest BCUT2D eigenvalue weighted by Crippen LogP contribution is -2.39. The van der Waals surface area contributed by atoms with Gasteiger partial charge in [-0.3, -0.25) is 9.58 Å². The van der Waals surface area contributed by atoms with Crippen LogP contribution in [0.1, 0.15) is 18.5 Å². The largest absolute Gasteiger partial charge is 0.383 e. The molecule has 0 aliphatic carbocycles. The van der Waals surface area contributed by atoms with E-state index in [4.69, 9.17) is 4.74 Å². The van der Waals surface area contributed by atoms with Crippen LogP contribution in [0.4, 0.5) is 0 Å². The van der Waals surface area contributed by atoms with Crippen LogP contribution in [0.25, 0.3) is 0 Å². The average Bonchev–Trinajstić information content (AvgIpc) is 2.99. The van der Waals surface area contributed by atoms with Gasteiger partial charge in [0.1, 0.15) is 0 Å². The van der Waals surface area contributed by atoms with Crippen LogP contribution < -0.4 is 5.32 Å². The Balaban J connectivity index is 1.89. The number of aromatic nitrogens is 2. The van der Waals surface area contributed by atoms with E-state index in [1.54, 1.807) is 7.11 Å². The number of hydrogen-bond acceptors (Lipinski definition) is 4. The molecule has 1 unspecified atom stereocenters. The lowest BCUT2D eigenvalue weighted by molar-refractivity contribution is 0.136. The maximum atomic E-state index is 5.20. The summed E-state index contributed by atoms with van der Waals surface area (Å²) in [4.78, 5) is 2.45. The molecule has 2 rings (SSSR count). The molecule has 2 heterocycles. The van der Waals surface area contributed by atoms with Crippen LogP contribution in [0, 0.1) is 0 Å². The van der Waals surface area contributed by atoms with Crippen molar-refractivity contribution >= 4 is 0 Å². The zero-order valence-electron chi connectivity index (χ0n) is 11.4. The molecule has 1 aliphatic rings. The Bertz CT molecular complexity index is 347. The molecule has 1 atom stereocenters. The summed E-state index contributed by atoms with van der Waals surface area (Å²) in [5, 5.41) is 7.78. The molecule has 5 heteroatoms. The number of methoxy groups -OCH3 is 1. The van der Waals surface area contributed by atoms with Gasteiger partial charge in [-0.25, -0.2) is 0 Å². The first kappa shape index (κ1) is 13.5. The van der Waals surface area contributed by atoms with Crippen LogP contribution in [0.15, 0.2) is 12.3 Å². The third-order valence-corrected chi connectivity index (χ3v) is 3.56. The molecule has 102 valence electrons. The first-order chi connectivity index (χ1) is 8.79. The van der Waals surface area contributed by atoms with Crippen LogP contribution in [-0.4, -0.2) is 54.1 Å². The molecule has 0 spiro atoms. The van der Waals surface area contributed by atoms with Crippen LogP contribution >= 0.6 is 0 Å². The van der Waals surface area contributed by atoms with Gasteiger partial charge in [0, 0.05) is 46.0 Å². The monoisotopic (exact) mass is 252 g/mol. The maximum Gasteiger partial charge on any atom is 0.0589 e. The number of hydrogen-bond donors (Lipinski definition) is 1. The molecule has 0 radical (unpaired) electrons. The zero-order valence-corrected chi connectivity index (χ0v) is 11.4. The molecule has 0 aromatic carbocycles. The van der Waals surface area contributed by atoms with Crippen molar-refractivity contribution in [2.24, 2.45) is 7.05 Å². The summed E-state index contributed by atoms with van der Waals surface area (Å²) in [7, 11) is 3.76. The van der Waals surface area contributed by atoms with E-state index < -0.39 is 0 Å². The number of rotatable bonds is 7. The van der Waals surface area contributed by atoms with Crippen molar-refractivity contribution in [2.75, 3.05) is 33.4 Å². The second kappa shape index (κ2) is 6.87. The van der Waals surface area contributed by atoms with E-state index in [1.165, 1.54) is 18.5 Å². The van der Waals surface area contributed by atoms with Crippen molar-refractivity contribution in [3.05, 3.63) is 18.0 Å². The lowest BCUT2D eigenvalue weighted by Gasteiger charge is -2.25. The van der Waals surface area contributed by atoms with Crippen molar-refractivity contribution in [3.63, 3.8) is 0 Å². The molecule has 18 heavy (non-hydrogen) atoms. The van der Waals surface area contributed by atoms with Gasteiger partial charge < -0.3 is 10.1 Å². The van der Waals surface area contributed by atoms with Gasteiger partial charge in [-0.1, -0.05) is 0 Å². The van der Waals surface area contributed by atoms with E-state index >= 15 is 0 Å². The Morgan fingerprint density at radius 3 is 3.11 bits per heavy atom. The quantitative estimate of drug-likeness (QED) is 0.772. The lowest BCUT2D eigenvalue weighted by atomic mass is 10.2. The van der Waals surface area contributed by atoms with Gasteiger partial charge in [-0.15, -0.1) is 0 Å². The standard InChI is InChI=1S/C13H24N4O/c1-16-13(5-7-15-16)11-17(8-9-18-2)10-12-4-3-6-14-12/h5,7,12,14H,3-4,6,8-11H2,1-2H3. The van der Waals surface area contributed by atoms with Gasteiger partial charge in [0.05, 0.1) is 12.3 Å². The fraction of sp³-hybridized carbons (Fsp3) is 0.769. The molecule has 1 aromatic heterocycles. The molecule has 0 bridgehead atoms. The highest BCUT2D eigenvalue weighted by Crippen LogP contribution is 2.10. The van der Waals surface area contributed by atoms with Crippen molar-refractivity contribution < 1.29 is 4.74 Å². The van der Waals surface area contributed by atoms with Crippen LogP contribution in [-0.2, 0) is 18.3 Å². The van der Waals surface area contributed by atoms with Gasteiger partial charge in [0.2, 0.25) is 0 Å². The smallest absolute Gasteiger partial charge is 0.0589 e. The van der Waals surface area contributed by atoms with E-state index in [0.717, 1.165) is 32.8 Å². The molecular formula is C13H24N4O. The Labute approximate surface area is 109 Å². The second-order valence-corrected chi connectivity index (χ2v) is 4.97. The maximum absolute atomic E-state index is 5.20. The molecule has 1 fully saturated rings.